The molecule has 17 heavy (non-hydrogen) atoms. The summed E-state index contributed by atoms with van der Waals surface area (Å²) in [4.78, 5) is 0. The molecule has 0 aromatic heterocycles. The predicted molar refractivity (Wildman–Crippen MR) is 73.8 cm³/mol. The summed E-state index contributed by atoms with van der Waals surface area (Å²) >= 11 is 12.0. The van der Waals surface area contributed by atoms with E-state index in [2.05, 4.69) is 12.1 Å². The van der Waals surface area contributed by atoms with Gasteiger partial charge in [0, 0.05) is 22.5 Å². The van der Waals surface area contributed by atoms with E-state index in [-0.39, 0.29) is 5.92 Å². The van der Waals surface area contributed by atoms with Crippen LogP contribution in [0.15, 0.2) is 48.5 Å². The lowest BCUT2D eigenvalue weighted by molar-refractivity contribution is 0.819. The van der Waals surface area contributed by atoms with Gasteiger partial charge in [0.15, 0.2) is 0 Å². The van der Waals surface area contributed by atoms with Gasteiger partial charge in [-0.1, -0.05) is 53.5 Å². The van der Waals surface area contributed by atoms with Crippen molar-refractivity contribution >= 4 is 23.2 Å². The molecule has 0 aliphatic heterocycles. The van der Waals surface area contributed by atoms with E-state index in [1.807, 2.05) is 30.3 Å². The average Bonchev–Trinajstić information content (AvgIpc) is 2.30. The first kappa shape index (κ1) is 12.4. The van der Waals surface area contributed by atoms with Crippen LogP contribution in [-0.4, -0.2) is 6.54 Å². The predicted octanol–water partition coefficient (Wildman–Crippen LogP) is 4.08. The highest BCUT2D eigenvalue weighted by Gasteiger charge is 2.13. The molecule has 1 unspecified atom stereocenters. The number of benzene rings is 2. The maximum absolute atomic E-state index is 6.01. The Balaban J connectivity index is 2.42. The van der Waals surface area contributed by atoms with E-state index in [1.54, 1.807) is 6.07 Å². The molecule has 0 saturated carbocycles. The first-order valence-corrected chi connectivity index (χ1v) is 6.17. The zero-order chi connectivity index (χ0) is 12.3. The van der Waals surface area contributed by atoms with Gasteiger partial charge in [0.1, 0.15) is 0 Å². The Bertz CT molecular complexity index is 477. The van der Waals surface area contributed by atoms with Gasteiger partial charge in [-0.3, -0.25) is 0 Å². The highest BCUT2D eigenvalue weighted by atomic mass is 35.5. The Labute approximate surface area is 111 Å². The Hall–Kier alpha value is -1.02. The molecule has 0 aliphatic carbocycles. The quantitative estimate of drug-likeness (QED) is 0.889. The minimum atomic E-state index is 0.132. The lowest BCUT2D eigenvalue weighted by Crippen LogP contribution is -2.13. The van der Waals surface area contributed by atoms with Crippen molar-refractivity contribution in [3.8, 4) is 0 Å². The third kappa shape index (κ3) is 3.01. The maximum atomic E-state index is 6.01. The number of nitrogens with two attached hydrogens (primary N) is 1. The summed E-state index contributed by atoms with van der Waals surface area (Å²) in [5.41, 5.74) is 8.08. The van der Waals surface area contributed by atoms with Crippen LogP contribution in [0.4, 0.5) is 0 Å². The van der Waals surface area contributed by atoms with E-state index in [9.17, 15) is 0 Å². The summed E-state index contributed by atoms with van der Waals surface area (Å²) in [6.07, 6.45) is 0. The minimum absolute atomic E-state index is 0.132. The summed E-state index contributed by atoms with van der Waals surface area (Å²) in [5.74, 6) is 0.132. The molecule has 88 valence electrons. The third-order valence-corrected chi connectivity index (χ3v) is 3.16. The van der Waals surface area contributed by atoms with Crippen molar-refractivity contribution in [1.82, 2.24) is 0 Å². The number of hydrogen-bond donors (Lipinski definition) is 1. The standard InChI is InChI=1S/C14H13Cl2N/c15-12-6-11(7-13(16)8-12)14(9-17)10-4-2-1-3-5-10/h1-8,14H,9,17H2. The maximum Gasteiger partial charge on any atom is 0.0423 e. The molecule has 2 rings (SSSR count). The van der Waals surface area contributed by atoms with Gasteiger partial charge in [0.2, 0.25) is 0 Å². The molecular weight excluding hydrogens is 253 g/mol. The van der Waals surface area contributed by atoms with Gasteiger partial charge in [-0.15, -0.1) is 0 Å². The second kappa shape index (κ2) is 5.54. The van der Waals surface area contributed by atoms with Crippen LogP contribution in [0.25, 0.3) is 0 Å². The van der Waals surface area contributed by atoms with Crippen molar-refractivity contribution in [2.24, 2.45) is 5.73 Å². The molecule has 2 aromatic rings. The minimum Gasteiger partial charge on any atom is -0.330 e. The second-order valence-electron chi connectivity index (χ2n) is 3.90. The fourth-order valence-corrected chi connectivity index (χ4v) is 2.47. The van der Waals surface area contributed by atoms with Crippen molar-refractivity contribution in [3.63, 3.8) is 0 Å². The molecule has 0 fully saturated rings. The Morgan fingerprint density at radius 1 is 0.882 bits per heavy atom. The number of rotatable bonds is 3. The molecule has 0 radical (unpaired) electrons. The molecule has 0 heterocycles. The fraction of sp³-hybridized carbons (Fsp3) is 0.143. The van der Waals surface area contributed by atoms with Crippen LogP contribution in [-0.2, 0) is 0 Å². The Morgan fingerprint density at radius 3 is 2.00 bits per heavy atom. The molecule has 1 atom stereocenters. The van der Waals surface area contributed by atoms with Crippen LogP contribution in [0.5, 0.6) is 0 Å². The molecule has 0 saturated heterocycles. The van der Waals surface area contributed by atoms with E-state index in [0.29, 0.717) is 16.6 Å². The van der Waals surface area contributed by atoms with E-state index in [4.69, 9.17) is 28.9 Å². The summed E-state index contributed by atoms with van der Waals surface area (Å²) in [6.45, 7) is 0.528. The van der Waals surface area contributed by atoms with Crippen LogP contribution in [0.3, 0.4) is 0 Å². The van der Waals surface area contributed by atoms with E-state index >= 15 is 0 Å². The van der Waals surface area contributed by atoms with Crippen molar-refractivity contribution in [3.05, 3.63) is 69.7 Å². The first-order chi connectivity index (χ1) is 8.20. The van der Waals surface area contributed by atoms with Crippen molar-refractivity contribution in [1.29, 1.82) is 0 Å². The van der Waals surface area contributed by atoms with Gasteiger partial charge >= 0.3 is 0 Å². The Morgan fingerprint density at radius 2 is 1.47 bits per heavy atom. The van der Waals surface area contributed by atoms with Crippen LogP contribution < -0.4 is 5.73 Å². The van der Waals surface area contributed by atoms with Crippen LogP contribution in [0.2, 0.25) is 10.0 Å². The van der Waals surface area contributed by atoms with Gasteiger partial charge in [-0.25, -0.2) is 0 Å². The van der Waals surface area contributed by atoms with Crippen molar-refractivity contribution < 1.29 is 0 Å². The zero-order valence-corrected chi connectivity index (χ0v) is 10.7. The molecule has 0 bridgehead atoms. The molecule has 0 amide bonds. The molecule has 0 spiro atoms. The average molecular weight is 266 g/mol. The van der Waals surface area contributed by atoms with Crippen molar-refractivity contribution in [2.45, 2.75) is 5.92 Å². The van der Waals surface area contributed by atoms with E-state index in [1.165, 1.54) is 5.56 Å². The fourth-order valence-electron chi connectivity index (χ4n) is 1.93. The van der Waals surface area contributed by atoms with Crippen LogP contribution in [0, 0.1) is 0 Å². The third-order valence-electron chi connectivity index (χ3n) is 2.72. The Kier molecular flexibility index (Phi) is 4.06. The molecule has 3 heteroatoms. The molecule has 0 aliphatic rings. The summed E-state index contributed by atoms with van der Waals surface area (Å²) < 4.78 is 0. The largest absolute Gasteiger partial charge is 0.330 e. The first-order valence-electron chi connectivity index (χ1n) is 5.41. The highest BCUT2D eigenvalue weighted by molar-refractivity contribution is 6.34. The summed E-state index contributed by atoms with van der Waals surface area (Å²) in [5, 5.41) is 1.28. The lowest BCUT2D eigenvalue weighted by atomic mass is 9.91. The van der Waals surface area contributed by atoms with Crippen molar-refractivity contribution in [2.75, 3.05) is 6.54 Å². The number of hydrogen-bond acceptors (Lipinski definition) is 1. The zero-order valence-electron chi connectivity index (χ0n) is 9.24. The van der Waals surface area contributed by atoms with E-state index < -0.39 is 0 Å². The lowest BCUT2D eigenvalue weighted by Gasteiger charge is -2.16. The van der Waals surface area contributed by atoms with Gasteiger partial charge in [0.05, 0.1) is 0 Å². The van der Waals surface area contributed by atoms with Crippen LogP contribution in [0.1, 0.15) is 17.0 Å². The highest BCUT2D eigenvalue weighted by Crippen LogP contribution is 2.28. The molecule has 2 aromatic carbocycles. The SMILES string of the molecule is NCC(c1ccccc1)c1cc(Cl)cc(Cl)c1. The van der Waals surface area contributed by atoms with Gasteiger partial charge in [0.25, 0.3) is 0 Å². The molecular formula is C14H13Cl2N. The summed E-state index contributed by atoms with van der Waals surface area (Å²) in [6, 6.07) is 15.7. The van der Waals surface area contributed by atoms with Gasteiger partial charge in [-0.05, 0) is 29.3 Å². The van der Waals surface area contributed by atoms with E-state index in [0.717, 1.165) is 5.56 Å². The number of halogens is 2. The topological polar surface area (TPSA) is 26.0 Å². The van der Waals surface area contributed by atoms with Crippen LogP contribution >= 0.6 is 23.2 Å². The smallest absolute Gasteiger partial charge is 0.0423 e. The monoisotopic (exact) mass is 265 g/mol. The normalized spacial score (nSPS) is 12.4. The molecule has 1 nitrogen and oxygen atoms in total. The van der Waals surface area contributed by atoms with Gasteiger partial charge in [-0.2, -0.15) is 0 Å². The molecule has 2 N–H and O–H groups in total. The second-order valence-corrected chi connectivity index (χ2v) is 4.77. The summed E-state index contributed by atoms with van der Waals surface area (Å²) in [7, 11) is 0. The van der Waals surface area contributed by atoms with Gasteiger partial charge < -0.3 is 5.73 Å².